The second-order valence-corrected chi connectivity index (χ2v) is 8.97. The summed E-state index contributed by atoms with van der Waals surface area (Å²) < 4.78 is 6.64. The highest BCUT2D eigenvalue weighted by Crippen LogP contribution is 2.40. The van der Waals surface area contributed by atoms with Crippen LogP contribution in [0.1, 0.15) is 24.8 Å². The summed E-state index contributed by atoms with van der Waals surface area (Å²) in [6.07, 6.45) is 3.16. The molecular weight excluding hydrogens is 410 g/mol. The van der Waals surface area contributed by atoms with Crippen LogP contribution in [0.5, 0.6) is 0 Å². The molecule has 138 valence electrons. The predicted molar refractivity (Wildman–Crippen MR) is 111 cm³/mol. The van der Waals surface area contributed by atoms with E-state index in [0.717, 1.165) is 36.9 Å². The summed E-state index contributed by atoms with van der Waals surface area (Å²) in [7, 11) is 0. The molecule has 1 aliphatic heterocycles. The number of carbonyl (C=O) groups is 1. The fourth-order valence-electron chi connectivity index (χ4n) is 3.09. The van der Waals surface area contributed by atoms with Crippen molar-refractivity contribution < 1.29 is 9.53 Å². The van der Waals surface area contributed by atoms with Crippen LogP contribution in [0.15, 0.2) is 64.0 Å². The molecule has 26 heavy (non-hydrogen) atoms. The first-order valence-electron chi connectivity index (χ1n) is 8.99. The van der Waals surface area contributed by atoms with Gasteiger partial charge in [0.15, 0.2) is 0 Å². The Labute approximate surface area is 168 Å². The third-order valence-electron chi connectivity index (χ3n) is 4.67. The minimum Gasteiger partial charge on any atom is -0.381 e. The van der Waals surface area contributed by atoms with Gasteiger partial charge in [0.2, 0.25) is 5.91 Å². The fraction of sp³-hybridized carbons (Fsp3) is 0.381. The maximum atomic E-state index is 12.4. The van der Waals surface area contributed by atoms with Crippen LogP contribution in [-0.2, 0) is 16.0 Å². The van der Waals surface area contributed by atoms with Gasteiger partial charge >= 0.3 is 0 Å². The van der Waals surface area contributed by atoms with Gasteiger partial charge in [-0.2, -0.15) is 0 Å². The zero-order chi connectivity index (χ0) is 18.2. The van der Waals surface area contributed by atoms with Crippen LogP contribution in [0.2, 0.25) is 0 Å². The van der Waals surface area contributed by atoms with Gasteiger partial charge in [-0.3, -0.25) is 4.79 Å². The summed E-state index contributed by atoms with van der Waals surface area (Å²) in [5.41, 5.74) is 1.17. The van der Waals surface area contributed by atoms with Crippen LogP contribution in [0.25, 0.3) is 0 Å². The number of rotatable bonds is 7. The Balaban J connectivity index is 1.55. The van der Waals surface area contributed by atoms with Crippen LogP contribution in [0.3, 0.4) is 0 Å². The van der Waals surface area contributed by atoms with Gasteiger partial charge in [-0.25, -0.2) is 0 Å². The van der Waals surface area contributed by atoms with E-state index in [1.54, 1.807) is 0 Å². The van der Waals surface area contributed by atoms with Crippen LogP contribution < -0.4 is 5.32 Å². The Kier molecular flexibility index (Phi) is 7.17. The molecule has 1 N–H and O–H groups in total. The molecule has 2 aromatic carbocycles. The minimum atomic E-state index is 0.0165. The molecule has 3 rings (SSSR count). The number of aryl methyl sites for hydroxylation is 1. The van der Waals surface area contributed by atoms with Crippen LogP contribution >= 0.6 is 27.7 Å². The lowest BCUT2D eigenvalue weighted by Crippen LogP contribution is -2.44. The number of hydrogen-bond donors (Lipinski definition) is 1. The van der Waals surface area contributed by atoms with E-state index in [0.29, 0.717) is 13.0 Å². The number of halogens is 1. The SMILES string of the molecule is O=C(CCc1ccccc1Br)NCC1(Sc2ccccc2)CCOCC1. The van der Waals surface area contributed by atoms with E-state index >= 15 is 0 Å². The van der Waals surface area contributed by atoms with Crippen molar-refractivity contribution >= 4 is 33.6 Å². The summed E-state index contributed by atoms with van der Waals surface area (Å²) in [6, 6.07) is 18.5. The summed E-state index contributed by atoms with van der Waals surface area (Å²) in [5.74, 6) is 0.111. The van der Waals surface area contributed by atoms with E-state index in [4.69, 9.17) is 4.74 Å². The van der Waals surface area contributed by atoms with Gasteiger partial charge in [0, 0.05) is 40.3 Å². The highest BCUT2D eigenvalue weighted by Gasteiger charge is 2.34. The summed E-state index contributed by atoms with van der Waals surface area (Å²) in [6.45, 7) is 2.20. The monoisotopic (exact) mass is 433 g/mol. The Morgan fingerprint density at radius 2 is 1.77 bits per heavy atom. The highest BCUT2D eigenvalue weighted by atomic mass is 79.9. The van der Waals surface area contributed by atoms with Crippen LogP contribution in [0, 0.1) is 0 Å². The molecule has 0 saturated carbocycles. The lowest BCUT2D eigenvalue weighted by atomic mass is 9.99. The fourth-order valence-corrected chi connectivity index (χ4v) is 4.89. The molecule has 1 aliphatic rings. The maximum Gasteiger partial charge on any atom is 0.220 e. The number of thioether (sulfide) groups is 1. The predicted octanol–water partition coefficient (Wildman–Crippen LogP) is 4.84. The van der Waals surface area contributed by atoms with Crippen LogP contribution in [0.4, 0.5) is 0 Å². The summed E-state index contributed by atoms with van der Waals surface area (Å²) >= 11 is 5.41. The van der Waals surface area contributed by atoms with Crippen molar-refractivity contribution in [1.29, 1.82) is 0 Å². The number of carbonyl (C=O) groups excluding carboxylic acids is 1. The molecule has 0 radical (unpaired) electrons. The third kappa shape index (κ3) is 5.60. The molecule has 0 unspecified atom stereocenters. The maximum absolute atomic E-state index is 12.4. The number of amides is 1. The molecule has 0 bridgehead atoms. The summed E-state index contributed by atoms with van der Waals surface area (Å²) in [5, 5.41) is 3.17. The molecule has 3 nitrogen and oxygen atoms in total. The Morgan fingerprint density at radius 3 is 2.50 bits per heavy atom. The standard InChI is InChI=1S/C21H24BrNO2S/c22-19-9-5-4-6-17(19)10-11-20(24)23-16-21(12-14-25-15-13-21)26-18-7-2-1-3-8-18/h1-9H,10-16H2,(H,23,24). The quantitative estimate of drug-likeness (QED) is 0.678. The molecule has 1 fully saturated rings. The van der Waals surface area contributed by atoms with Crippen molar-refractivity contribution in [1.82, 2.24) is 5.32 Å². The van der Waals surface area contributed by atoms with Crippen molar-refractivity contribution in [2.24, 2.45) is 0 Å². The molecule has 5 heteroatoms. The minimum absolute atomic E-state index is 0.0165. The second kappa shape index (κ2) is 9.58. The molecule has 1 amide bonds. The first kappa shape index (κ1) is 19.5. The molecule has 0 aliphatic carbocycles. The van der Waals surface area contributed by atoms with Gasteiger partial charge in [-0.05, 0) is 43.0 Å². The first-order chi connectivity index (χ1) is 12.7. The van der Waals surface area contributed by atoms with Crippen LogP contribution in [-0.4, -0.2) is 30.4 Å². The largest absolute Gasteiger partial charge is 0.381 e. The Hall–Kier alpha value is -1.30. The molecule has 2 aromatic rings. The van der Waals surface area contributed by atoms with Crippen molar-refractivity contribution in [2.75, 3.05) is 19.8 Å². The lowest BCUT2D eigenvalue weighted by Gasteiger charge is -2.36. The van der Waals surface area contributed by atoms with E-state index in [1.165, 1.54) is 10.5 Å². The smallest absolute Gasteiger partial charge is 0.220 e. The summed E-state index contributed by atoms with van der Waals surface area (Å²) in [4.78, 5) is 13.6. The third-order valence-corrected chi connectivity index (χ3v) is 6.94. The average Bonchev–Trinajstić information content (AvgIpc) is 2.67. The number of nitrogens with one attached hydrogen (secondary N) is 1. The molecule has 0 atom stereocenters. The molecule has 0 spiro atoms. The normalized spacial score (nSPS) is 16.2. The molecular formula is C21H24BrNO2S. The van der Waals surface area contributed by atoms with Gasteiger partial charge in [-0.15, -0.1) is 11.8 Å². The van der Waals surface area contributed by atoms with Gasteiger partial charge in [0.25, 0.3) is 0 Å². The lowest BCUT2D eigenvalue weighted by molar-refractivity contribution is -0.121. The number of ether oxygens (including phenoxy) is 1. The van der Waals surface area contributed by atoms with Crippen molar-refractivity contribution in [3.05, 3.63) is 64.6 Å². The molecule has 0 aromatic heterocycles. The number of hydrogen-bond acceptors (Lipinski definition) is 3. The van der Waals surface area contributed by atoms with Crippen molar-refractivity contribution in [2.45, 2.75) is 35.3 Å². The Morgan fingerprint density at radius 1 is 1.08 bits per heavy atom. The van der Waals surface area contributed by atoms with E-state index in [2.05, 4.69) is 51.6 Å². The molecule has 1 heterocycles. The van der Waals surface area contributed by atoms with Crippen molar-refractivity contribution in [3.8, 4) is 0 Å². The van der Waals surface area contributed by atoms with E-state index in [9.17, 15) is 4.79 Å². The highest BCUT2D eigenvalue weighted by molar-refractivity contribution is 9.10. The van der Waals surface area contributed by atoms with Gasteiger partial charge in [0.05, 0.1) is 0 Å². The van der Waals surface area contributed by atoms with E-state index < -0.39 is 0 Å². The zero-order valence-electron chi connectivity index (χ0n) is 14.7. The zero-order valence-corrected chi connectivity index (χ0v) is 17.2. The second-order valence-electron chi connectivity index (χ2n) is 6.58. The van der Waals surface area contributed by atoms with Gasteiger partial charge in [-0.1, -0.05) is 52.3 Å². The van der Waals surface area contributed by atoms with Gasteiger partial charge < -0.3 is 10.1 Å². The molecule has 1 saturated heterocycles. The first-order valence-corrected chi connectivity index (χ1v) is 10.6. The van der Waals surface area contributed by atoms with E-state index in [-0.39, 0.29) is 10.7 Å². The Bertz CT molecular complexity index is 717. The van der Waals surface area contributed by atoms with E-state index in [1.807, 2.05) is 36.0 Å². The average molecular weight is 434 g/mol. The van der Waals surface area contributed by atoms with Gasteiger partial charge in [0.1, 0.15) is 0 Å². The topological polar surface area (TPSA) is 38.3 Å². The van der Waals surface area contributed by atoms with Crippen molar-refractivity contribution in [3.63, 3.8) is 0 Å². The number of benzene rings is 2.